The van der Waals surface area contributed by atoms with Crippen LogP contribution in [0.15, 0.2) is 18.2 Å². The molecule has 110 valence electrons. The minimum absolute atomic E-state index is 0.201. The van der Waals surface area contributed by atoms with Crippen LogP contribution in [-0.2, 0) is 6.54 Å². The Kier molecular flexibility index (Phi) is 4.02. The highest BCUT2D eigenvalue weighted by atomic mass is 35.5. The molecule has 0 aromatic heterocycles. The van der Waals surface area contributed by atoms with Crippen LogP contribution in [0.2, 0.25) is 5.02 Å². The van der Waals surface area contributed by atoms with Gasteiger partial charge in [-0.25, -0.2) is 4.39 Å². The van der Waals surface area contributed by atoms with Gasteiger partial charge < -0.3 is 5.32 Å². The summed E-state index contributed by atoms with van der Waals surface area (Å²) in [5, 5.41) is 4.28. The van der Waals surface area contributed by atoms with Crippen molar-refractivity contribution in [3.8, 4) is 0 Å². The molecule has 1 spiro atoms. The Morgan fingerprint density at radius 3 is 2.90 bits per heavy atom. The fourth-order valence-corrected chi connectivity index (χ4v) is 3.87. The third-order valence-corrected chi connectivity index (χ3v) is 5.22. The Morgan fingerprint density at radius 1 is 1.40 bits per heavy atom. The lowest BCUT2D eigenvalue weighted by Gasteiger charge is -2.48. The summed E-state index contributed by atoms with van der Waals surface area (Å²) in [6.45, 7) is 5.01. The second kappa shape index (κ2) is 5.63. The average Bonchev–Trinajstić information content (AvgIpc) is 2.88. The third-order valence-electron chi connectivity index (χ3n) is 4.85. The maximum atomic E-state index is 13.5. The summed E-state index contributed by atoms with van der Waals surface area (Å²) >= 11 is 6.24. The topological polar surface area (TPSA) is 15.3 Å². The van der Waals surface area contributed by atoms with Crippen LogP contribution >= 0.6 is 11.6 Å². The smallest absolute Gasteiger partial charge is 0.123 e. The molecular formula is C16H22ClFN2. The normalized spacial score (nSPS) is 26.2. The number of piperazine rings is 1. The number of halogens is 2. The van der Waals surface area contributed by atoms with E-state index in [1.165, 1.54) is 31.7 Å². The molecule has 20 heavy (non-hydrogen) atoms. The van der Waals surface area contributed by atoms with Gasteiger partial charge in [-0.3, -0.25) is 4.90 Å². The van der Waals surface area contributed by atoms with Crippen LogP contribution in [0.1, 0.15) is 38.2 Å². The second-order valence-electron chi connectivity index (χ2n) is 6.33. The number of nitrogens with zero attached hydrogens (tertiary/aromatic N) is 1. The molecule has 4 heteroatoms. The molecule has 0 bridgehead atoms. The van der Waals surface area contributed by atoms with E-state index in [0.717, 1.165) is 25.2 Å². The van der Waals surface area contributed by atoms with Gasteiger partial charge in [0, 0.05) is 36.2 Å². The van der Waals surface area contributed by atoms with E-state index in [9.17, 15) is 4.39 Å². The Morgan fingerprint density at radius 2 is 2.15 bits per heavy atom. The van der Waals surface area contributed by atoms with E-state index >= 15 is 0 Å². The molecule has 0 radical (unpaired) electrons. The van der Waals surface area contributed by atoms with Gasteiger partial charge in [0.2, 0.25) is 0 Å². The molecule has 1 aromatic rings. The van der Waals surface area contributed by atoms with Crippen molar-refractivity contribution in [1.82, 2.24) is 10.2 Å². The summed E-state index contributed by atoms with van der Waals surface area (Å²) in [5.41, 5.74) is 1.16. The molecule has 1 unspecified atom stereocenters. The van der Waals surface area contributed by atoms with Crippen molar-refractivity contribution in [3.63, 3.8) is 0 Å². The van der Waals surface area contributed by atoms with Gasteiger partial charge in [-0.1, -0.05) is 24.4 Å². The number of rotatable bonds is 2. The fraction of sp³-hybridized carbons (Fsp3) is 0.625. The molecule has 1 saturated carbocycles. The van der Waals surface area contributed by atoms with Gasteiger partial charge in [0.05, 0.1) is 0 Å². The highest BCUT2D eigenvalue weighted by molar-refractivity contribution is 6.31. The molecule has 2 nitrogen and oxygen atoms in total. The van der Waals surface area contributed by atoms with E-state index < -0.39 is 0 Å². The predicted molar refractivity (Wildman–Crippen MR) is 80.5 cm³/mol. The summed E-state index contributed by atoms with van der Waals surface area (Å²) in [5.74, 6) is -0.201. The van der Waals surface area contributed by atoms with Crippen molar-refractivity contribution >= 4 is 11.6 Å². The van der Waals surface area contributed by atoms with Crippen LogP contribution in [-0.4, -0.2) is 29.6 Å². The van der Waals surface area contributed by atoms with Gasteiger partial charge in [-0.2, -0.15) is 0 Å². The molecule has 2 aliphatic rings. The first-order valence-electron chi connectivity index (χ1n) is 7.51. The zero-order valence-corrected chi connectivity index (χ0v) is 12.7. The zero-order chi connectivity index (χ0) is 14.2. The fourth-order valence-electron chi connectivity index (χ4n) is 3.69. The van der Waals surface area contributed by atoms with Gasteiger partial charge in [-0.05, 0) is 43.5 Å². The second-order valence-corrected chi connectivity index (χ2v) is 6.74. The lowest BCUT2D eigenvalue weighted by Crippen LogP contribution is -2.62. The largest absolute Gasteiger partial charge is 0.311 e. The number of hydrogen-bond acceptors (Lipinski definition) is 2. The maximum absolute atomic E-state index is 13.5. The molecule has 2 fully saturated rings. The van der Waals surface area contributed by atoms with Crippen LogP contribution in [0.4, 0.5) is 4.39 Å². The first-order valence-corrected chi connectivity index (χ1v) is 7.89. The molecule has 1 aliphatic heterocycles. The van der Waals surface area contributed by atoms with Crippen LogP contribution < -0.4 is 5.32 Å². The Balaban J connectivity index is 1.84. The van der Waals surface area contributed by atoms with Gasteiger partial charge in [0.15, 0.2) is 0 Å². The molecule has 0 amide bonds. The maximum Gasteiger partial charge on any atom is 0.123 e. The van der Waals surface area contributed by atoms with Crippen LogP contribution in [0.25, 0.3) is 0 Å². The third kappa shape index (κ3) is 2.72. The van der Waals surface area contributed by atoms with Gasteiger partial charge in [0.25, 0.3) is 0 Å². The minimum atomic E-state index is -0.201. The van der Waals surface area contributed by atoms with E-state index in [4.69, 9.17) is 11.6 Å². The molecule has 1 aromatic carbocycles. The standard InChI is InChI=1S/C16H22ClFN2/c1-12-9-20(16(11-19-12)6-2-3-7-16)10-13-8-14(18)4-5-15(13)17/h4-5,8,12,19H,2-3,6-7,9-11H2,1H3. The van der Waals surface area contributed by atoms with Crippen molar-refractivity contribution in [2.45, 2.75) is 50.7 Å². The lowest BCUT2D eigenvalue weighted by atomic mass is 9.90. The SMILES string of the molecule is CC1CN(Cc2cc(F)ccc2Cl)C2(CCCC2)CN1. The number of hydrogen-bond donors (Lipinski definition) is 1. The molecule has 1 aliphatic carbocycles. The summed E-state index contributed by atoms with van der Waals surface area (Å²) < 4.78 is 13.5. The average molecular weight is 297 g/mol. The Hall–Kier alpha value is -0.640. The predicted octanol–water partition coefficient (Wildman–Crippen LogP) is 3.59. The van der Waals surface area contributed by atoms with E-state index in [2.05, 4.69) is 17.1 Å². The molecule has 1 heterocycles. The quantitative estimate of drug-likeness (QED) is 0.897. The van der Waals surface area contributed by atoms with Crippen LogP contribution in [0, 0.1) is 5.82 Å². The first-order chi connectivity index (χ1) is 9.59. The van der Waals surface area contributed by atoms with Crippen molar-refractivity contribution in [1.29, 1.82) is 0 Å². The van der Waals surface area contributed by atoms with E-state index in [0.29, 0.717) is 11.1 Å². The molecule has 1 saturated heterocycles. The minimum Gasteiger partial charge on any atom is -0.311 e. The van der Waals surface area contributed by atoms with E-state index in [1.807, 2.05) is 0 Å². The molecule has 1 atom stereocenters. The first kappa shape index (κ1) is 14.3. The summed E-state index contributed by atoms with van der Waals surface area (Å²) in [6, 6.07) is 5.16. The van der Waals surface area contributed by atoms with Gasteiger partial charge in [-0.15, -0.1) is 0 Å². The highest BCUT2D eigenvalue weighted by Crippen LogP contribution is 2.38. The Labute approximate surface area is 125 Å². The van der Waals surface area contributed by atoms with E-state index in [-0.39, 0.29) is 11.4 Å². The van der Waals surface area contributed by atoms with Crippen LogP contribution in [0.5, 0.6) is 0 Å². The van der Waals surface area contributed by atoms with Crippen molar-refractivity contribution in [2.75, 3.05) is 13.1 Å². The lowest BCUT2D eigenvalue weighted by molar-refractivity contribution is 0.0392. The molecule has 3 rings (SSSR count). The summed E-state index contributed by atoms with van der Waals surface area (Å²) in [6.07, 6.45) is 5.06. The van der Waals surface area contributed by atoms with Gasteiger partial charge >= 0.3 is 0 Å². The molecular weight excluding hydrogens is 275 g/mol. The summed E-state index contributed by atoms with van der Waals surface area (Å²) in [7, 11) is 0. The van der Waals surface area contributed by atoms with E-state index in [1.54, 1.807) is 12.1 Å². The number of benzene rings is 1. The monoisotopic (exact) mass is 296 g/mol. The zero-order valence-electron chi connectivity index (χ0n) is 12.0. The van der Waals surface area contributed by atoms with Crippen molar-refractivity contribution < 1.29 is 4.39 Å². The summed E-state index contributed by atoms with van der Waals surface area (Å²) in [4.78, 5) is 2.53. The number of nitrogens with one attached hydrogen (secondary N) is 1. The van der Waals surface area contributed by atoms with Crippen molar-refractivity contribution in [2.24, 2.45) is 0 Å². The molecule has 1 N–H and O–H groups in total. The Bertz CT molecular complexity index is 485. The van der Waals surface area contributed by atoms with Crippen LogP contribution in [0.3, 0.4) is 0 Å². The highest BCUT2D eigenvalue weighted by Gasteiger charge is 2.42. The van der Waals surface area contributed by atoms with Crippen molar-refractivity contribution in [3.05, 3.63) is 34.6 Å². The van der Waals surface area contributed by atoms with Gasteiger partial charge in [0.1, 0.15) is 5.82 Å².